The Morgan fingerprint density at radius 1 is 0.941 bits per heavy atom. The van der Waals surface area contributed by atoms with Crippen molar-refractivity contribution in [1.82, 2.24) is 0 Å². The molecule has 0 saturated heterocycles. The summed E-state index contributed by atoms with van der Waals surface area (Å²) in [5.41, 5.74) is 0. The highest BCUT2D eigenvalue weighted by molar-refractivity contribution is 7.48. The predicted molar refractivity (Wildman–Crippen MR) is 66.2 cm³/mol. The summed E-state index contributed by atoms with van der Waals surface area (Å²) in [6, 6.07) is 13.2. The fourth-order valence-electron chi connectivity index (χ4n) is 1.54. The second-order valence-electron chi connectivity index (χ2n) is 3.38. The van der Waals surface area contributed by atoms with E-state index in [1.54, 1.807) is 6.07 Å². The molecular formula is C12H13O4P. The molecular weight excluding hydrogens is 239 g/mol. The summed E-state index contributed by atoms with van der Waals surface area (Å²) in [7, 11) is -0.933. The van der Waals surface area contributed by atoms with Crippen molar-refractivity contribution in [3.63, 3.8) is 0 Å². The molecule has 2 rings (SSSR count). The van der Waals surface area contributed by atoms with Crippen LogP contribution in [0, 0.1) is 0 Å². The fraction of sp³-hybridized carbons (Fsp3) is 0.167. The van der Waals surface area contributed by atoms with Crippen LogP contribution < -0.4 is 4.52 Å². The van der Waals surface area contributed by atoms with Gasteiger partial charge in [-0.2, -0.15) is 0 Å². The second kappa shape index (κ2) is 4.88. The van der Waals surface area contributed by atoms with E-state index in [2.05, 4.69) is 0 Å². The van der Waals surface area contributed by atoms with Gasteiger partial charge >= 0.3 is 7.82 Å². The summed E-state index contributed by atoms with van der Waals surface area (Å²) >= 11 is 0. The monoisotopic (exact) mass is 252 g/mol. The second-order valence-corrected chi connectivity index (χ2v) is 5.19. The molecule has 4 nitrogen and oxygen atoms in total. The Hall–Kier alpha value is -1.35. The lowest BCUT2D eigenvalue weighted by atomic mass is 10.1. The van der Waals surface area contributed by atoms with Crippen LogP contribution in [0.2, 0.25) is 0 Å². The largest absolute Gasteiger partial charge is 0.529 e. The normalized spacial score (nSPS) is 11.6. The van der Waals surface area contributed by atoms with Gasteiger partial charge in [0.1, 0.15) is 5.75 Å². The van der Waals surface area contributed by atoms with Gasteiger partial charge in [0.25, 0.3) is 0 Å². The molecule has 0 spiro atoms. The third-order valence-corrected chi connectivity index (χ3v) is 3.72. The number of phosphoric acid groups is 1. The lowest BCUT2D eigenvalue weighted by Gasteiger charge is -2.15. The van der Waals surface area contributed by atoms with Gasteiger partial charge in [0.05, 0.1) is 0 Å². The smallest absolute Gasteiger partial charge is 0.403 e. The molecule has 0 heterocycles. The van der Waals surface area contributed by atoms with Gasteiger partial charge in [0.15, 0.2) is 0 Å². The van der Waals surface area contributed by atoms with Crippen molar-refractivity contribution in [2.75, 3.05) is 14.2 Å². The summed E-state index contributed by atoms with van der Waals surface area (Å²) in [5.74, 6) is 0.482. The van der Waals surface area contributed by atoms with E-state index in [4.69, 9.17) is 13.6 Å². The summed E-state index contributed by atoms with van der Waals surface area (Å²) in [6.07, 6.45) is 0. The molecule has 2 aromatic rings. The van der Waals surface area contributed by atoms with Crippen molar-refractivity contribution in [2.24, 2.45) is 0 Å². The van der Waals surface area contributed by atoms with Crippen molar-refractivity contribution in [1.29, 1.82) is 0 Å². The molecule has 0 radical (unpaired) electrons. The predicted octanol–water partition coefficient (Wildman–Crippen LogP) is 3.62. The van der Waals surface area contributed by atoms with Gasteiger partial charge in [-0.25, -0.2) is 4.57 Å². The Morgan fingerprint density at radius 3 is 2.29 bits per heavy atom. The first-order chi connectivity index (χ1) is 8.18. The molecule has 2 aromatic carbocycles. The van der Waals surface area contributed by atoms with E-state index in [0.717, 1.165) is 10.8 Å². The van der Waals surface area contributed by atoms with Gasteiger partial charge in [-0.15, -0.1) is 0 Å². The lowest BCUT2D eigenvalue weighted by Crippen LogP contribution is -1.97. The Labute approximate surface area is 99.7 Å². The Bertz CT molecular complexity index is 554. The summed E-state index contributed by atoms with van der Waals surface area (Å²) in [5, 5.41) is 1.87. The molecule has 17 heavy (non-hydrogen) atoms. The first-order valence-corrected chi connectivity index (χ1v) is 6.53. The molecule has 0 aliphatic rings. The zero-order chi connectivity index (χ0) is 12.3. The van der Waals surface area contributed by atoms with Gasteiger partial charge in [0, 0.05) is 19.6 Å². The number of hydrogen-bond donors (Lipinski definition) is 0. The van der Waals surface area contributed by atoms with E-state index >= 15 is 0 Å². The number of hydrogen-bond acceptors (Lipinski definition) is 4. The molecule has 0 unspecified atom stereocenters. The van der Waals surface area contributed by atoms with Crippen LogP contribution in [0.5, 0.6) is 5.75 Å². The average Bonchev–Trinajstić information content (AvgIpc) is 2.39. The molecule has 0 aliphatic carbocycles. The van der Waals surface area contributed by atoms with Crippen LogP contribution in [-0.4, -0.2) is 14.2 Å². The van der Waals surface area contributed by atoms with Crippen LogP contribution >= 0.6 is 7.82 Å². The maximum atomic E-state index is 11.9. The van der Waals surface area contributed by atoms with Crippen molar-refractivity contribution in [2.45, 2.75) is 0 Å². The SMILES string of the molecule is COP(=O)(OC)Oc1cccc2ccccc12. The lowest BCUT2D eigenvalue weighted by molar-refractivity contribution is 0.212. The molecule has 90 valence electrons. The Balaban J connectivity index is 2.46. The number of fused-ring (bicyclic) bond motifs is 1. The van der Waals surface area contributed by atoms with Crippen LogP contribution in [0.1, 0.15) is 0 Å². The van der Waals surface area contributed by atoms with E-state index in [-0.39, 0.29) is 0 Å². The zero-order valence-corrected chi connectivity index (χ0v) is 10.5. The van der Waals surface area contributed by atoms with Gasteiger partial charge in [0.2, 0.25) is 0 Å². The van der Waals surface area contributed by atoms with Crippen LogP contribution in [0.15, 0.2) is 42.5 Å². The Morgan fingerprint density at radius 2 is 1.59 bits per heavy atom. The average molecular weight is 252 g/mol. The zero-order valence-electron chi connectivity index (χ0n) is 9.62. The highest BCUT2D eigenvalue weighted by atomic mass is 31.2. The third-order valence-electron chi connectivity index (χ3n) is 2.41. The molecule has 0 saturated carbocycles. The van der Waals surface area contributed by atoms with Crippen molar-refractivity contribution >= 4 is 18.6 Å². The van der Waals surface area contributed by atoms with Gasteiger partial charge in [-0.1, -0.05) is 36.4 Å². The van der Waals surface area contributed by atoms with E-state index in [0.29, 0.717) is 5.75 Å². The van der Waals surface area contributed by atoms with Gasteiger partial charge < -0.3 is 4.52 Å². The molecule has 5 heteroatoms. The maximum absolute atomic E-state index is 11.9. The molecule has 0 bridgehead atoms. The summed E-state index contributed by atoms with van der Waals surface area (Å²) < 4.78 is 26.7. The minimum Gasteiger partial charge on any atom is -0.403 e. The van der Waals surface area contributed by atoms with Gasteiger partial charge in [-0.3, -0.25) is 9.05 Å². The highest BCUT2D eigenvalue weighted by Gasteiger charge is 2.25. The molecule has 0 aromatic heterocycles. The molecule has 0 aliphatic heterocycles. The minimum absolute atomic E-state index is 0.482. The number of benzene rings is 2. The summed E-state index contributed by atoms with van der Waals surface area (Å²) in [6.45, 7) is 0. The van der Waals surface area contributed by atoms with Crippen LogP contribution in [0.3, 0.4) is 0 Å². The van der Waals surface area contributed by atoms with E-state index in [9.17, 15) is 4.57 Å². The number of rotatable bonds is 4. The third kappa shape index (κ3) is 2.50. The summed E-state index contributed by atoms with van der Waals surface area (Å²) in [4.78, 5) is 0. The van der Waals surface area contributed by atoms with Crippen molar-refractivity contribution in [3.8, 4) is 5.75 Å². The van der Waals surface area contributed by atoms with E-state index in [1.807, 2.05) is 36.4 Å². The highest BCUT2D eigenvalue weighted by Crippen LogP contribution is 2.49. The molecule has 0 atom stereocenters. The molecule has 0 N–H and O–H groups in total. The van der Waals surface area contributed by atoms with Crippen LogP contribution in [0.4, 0.5) is 0 Å². The standard InChI is InChI=1S/C12H13O4P/c1-14-17(13,15-2)16-12-9-5-7-10-6-3-4-8-11(10)12/h3-9H,1-2H3. The number of phosphoric ester groups is 1. The quantitative estimate of drug-likeness (QED) is 0.779. The van der Waals surface area contributed by atoms with Crippen molar-refractivity contribution < 1.29 is 18.1 Å². The minimum atomic E-state index is -3.51. The first-order valence-electron chi connectivity index (χ1n) is 5.07. The van der Waals surface area contributed by atoms with Gasteiger partial charge in [-0.05, 0) is 11.5 Å². The molecule has 0 amide bonds. The maximum Gasteiger partial charge on any atom is 0.529 e. The van der Waals surface area contributed by atoms with E-state index in [1.165, 1.54) is 14.2 Å². The first kappa shape index (κ1) is 12.1. The van der Waals surface area contributed by atoms with Crippen molar-refractivity contribution in [3.05, 3.63) is 42.5 Å². The molecule has 0 fully saturated rings. The van der Waals surface area contributed by atoms with Crippen LogP contribution in [0.25, 0.3) is 10.8 Å². The Kier molecular flexibility index (Phi) is 3.48. The fourth-order valence-corrected chi connectivity index (χ4v) is 2.24. The topological polar surface area (TPSA) is 44.8 Å². The van der Waals surface area contributed by atoms with Crippen LogP contribution in [-0.2, 0) is 13.6 Å². The van der Waals surface area contributed by atoms with E-state index < -0.39 is 7.82 Å².